The molecule has 2 aliphatic heterocycles. The molecule has 20 heavy (non-hydrogen) atoms. The van der Waals surface area contributed by atoms with E-state index in [-0.39, 0.29) is 18.0 Å². The molecule has 106 valence electrons. The molecule has 7 heteroatoms. The number of fused-ring (bicyclic) bond motifs is 1. The van der Waals surface area contributed by atoms with Crippen molar-refractivity contribution < 1.29 is 14.3 Å². The van der Waals surface area contributed by atoms with Gasteiger partial charge < -0.3 is 15.0 Å². The molecule has 1 N–H and O–H groups in total. The summed E-state index contributed by atoms with van der Waals surface area (Å²) in [6.07, 6.45) is 1.36. The molecule has 1 atom stereocenters. The van der Waals surface area contributed by atoms with Gasteiger partial charge in [0.05, 0.1) is 11.6 Å². The third-order valence-electron chi connectivity index (χ3n) is 3.68. The molecular weight excluding hydrogens is 260 g/mol. The number of amides is 2. The normalized spacial score (nSPS) is 21.4. The Morgan fingerprint density at radius 3 is 3.15 bits per heavy atom. The van der Waals surface area contributed by atoms with Crippen LogP contribution in [0.1, 0.15) is 10.4 Å². The number of rotatable bonds is 2. The van der Waals surface area contributed by atoms with Gasteiger partial charge in [-0.1, -0.05) is 0 Å². The van der Waals surface area contributed by atoms with E-state index in [2.05, 4.69) is 10.3 Å². The summed E-state index contributed by atoms with van der Waals surface area (Å²) in [7, 11) is 1.74. The molecule has 7 nitrogen and oxygen atoms in total. The molecule has 0 spiro atoms. The predicted molar refractivity (Wildman–Crippen MR) is 71.5 cm³/mol. The fraction of sp³-hybridized carbons (Fsp3) is 0.462. The molecule has 0 aliphatic carbocycles. The van der Waals surface area contributed by atoms with Crippen LogP contribution in [0.25, 0.3) is 0 Å². The maximum Gasteiger partial charge on any atom is 0.410 e. The highest BCUT2D eigenvalue weighted by Gasteiger charge is 2.39. The Balaban J connectivity index is 1.77. The van der Waals surface area contributed by atoms with Crippen LogP contribution in [0.15, 0.2) is 18.3 Å². The van der Waals surface area contributed by atoms with Crippen LogP contribution < -0.4 is 5.32 Å². The van der Waals surface area contributed by atoms with E-state index in [1.54, 1.807) is 35.2 Å². The maximum atomic E-state index is 12.6. The van der Waals surface area contributed by atoms with E-state index >= 15 is 0 Å². The predicted octanol–water partition coefficient (Wildman–Crippen LogP) is 0.400. The molecule has 3 rings (SSSR count). The van der Waals surface area contributed by atoms with Gasteiger partial charge in [-0.25, -0.2) is 9.78 Å². The Morgan fingerprint density at radius 2 is 2.35 bits per heavy atom. The first-order valence-corrected chi connectivity index (χ1v) is 6.56. The lowest BCUT2D eigenvalue weighted by Gasteiger charge is -2.35. The molecule has 0 radical (unpaired) electrons. The number of hydrogen-bond donors (Lipinski definition) is 1. The molecule has 0 bridgehead atoms. The van der Waals surface area contributed by atoms with Crippen molar-refractivity contribution in [3.8, 4) is 0 Å². The average Bonchev–Trinajstić information content (AvgIpc) is 2.87. The van der Waals surface area contributed by atoms with E-state index in [1.165, 1.54) is 0 Å². The van der Waals surface area contributed by atoms with Crippen LogP contribution in [0.5, 0.6) is 0 Å². The topological polar surface area (TPSA) is 74.8 Å². The Labute approximate surface area is 116 Å². The molecule has 1 aromatic rings. The minimum absolute atomic E-state index is 0.0325. The lowest BCUT2D eigenvalue weighted by Crippen LogP contribution is -2.53. The average molecular weight is 276 g/mol. The molecule has 1 aromatic heterocycles. The highest BCUT2D eigenvalue weighted by atomic mass is 16.6. The van der Waals surface area contributed by atoms with E-state index < -0.39 is 0 Å². The highest BCUT2D eigenvalue weighted by molar-refractivity contribution is 5.98. The lowest BCUT2D eigenvalue weighted by atomic mass is 10.1. The van der Waals surface area contributed by atoms with Crippen molar-refractivity contribution >= 4 is 17.8 Å². The van der Waals surface area contributed by atoms with E-state index in [1.807, 2.05) is 0 Å². The first kappa shape index (κ1) is 12.7. The van der Waals surface area contributed by atoms with Gasteiger partial charge in [0.15, 0.2) is 0 Å². The molecule has 0 aromatic carbocycles. The lowest BCUT2D eigenvalue weighted by molar-refractivity contribution is 0.0617. The van der Waals surface area contributed by atoms with Gasteiger partial charge in [0.1, 0.15) is 12.4 Å². The van der Waals surface area contributed by atoms with Crippen molar-refractivity contribution in [3.63, 3.8) is 0 Å². The second-order valence-corrected chi connectivity index (χ2v) is 4.82. The number of carbonyl (C=O) groups excluding carboxylic acids is 2. The van der Waals surface area contributed by atoms with Gasteiger partial charge in [0, 0.05) is 32.9 Å². The summed E-state index contributed by atoms with van der Waals surface area (Å²) in [6, 6.07) is 3.46. The molecule has 0 unspecified atom stereocenters. The van der Waals surface area contributed by atoms with Crippen molar-refractivity contribution in [2.75, 3.05) is 38.6 Å². The van der Waals surface area contributed by atoms with E-state index in [0.717, 1.165) is 0 Å². The minimum atomic E-state index is -0.278. The monoisotopic (exact) mass is 276 g/mol. The van der Waals surface area contributed by atoms with Crippen molar-refractivity contribution in [2.24, 2.45) is 0 Å². The molecule has 3 heterocycles. The molecule has 2 fully saturated rings. The molecule has 2 aliphatic rings. The Bertz CT molecular complexity index is 548. The first-order valence-electron chi connectivity index (χ1n) is 6.56. The Morgan fingerprint density at radius 1 is 1.50 bits per heavy atom. The zero-order valence-corrected chi connectivity index (χ0v) is 11.2. The van der Waals surface area contributed by atoms with Crippen molar-refractivity contribution in [3.05, 3.63) is 23.9 Å². The van der Waals surface area contributed by atoms with Gasteiger partial charge in [-0.3, -0.25) is 9.69 Å². The quantitative estimate of drug-likeness (QED) is 0.846. The summed E-state index contributed by atoms with van der Waals surface area (Å²) in [4.78, 5) is 31.6. The summed E-state index contributed by atoms with van der Waals surface area (Å²) in [5, 5.41) is 2.92. The molecule has 2 saturated heterocycles. The van der Waals surface area contributed by atoms with E-state index in [9.17, 15) is 9.59 Å². The van der Waals surface area contributed by atoms with Crippen molar-refractivity contribution in [2.45, 2.75) is 6.04 Å². The highest BCUT2D eigenvalue weighted by Crippen LogP contribution is 2.21. The minimum Gasteiger partial charge on any atom is -0.447 e. The van der Waals surface area contributed by atoms with Crippen LogP contribution in [0.3, 0.4) is 0 Å². The van der Waals surface area contributed by atoms with Crippen molar-refractivity contribution in [1.82, 2.24) is 14.8 Å². The summed E-state index contributed by atoms with van der Waals surface area (Å²) in [5.74, 6) is 0.500. The second-order valence-electron chi connectivity index (χ2n) is 4.82. The number of carbonyl (C=O) groups is 2. The van der Waals surface area contributed by atoms with E-state index in [4.69, 9.17) is 4.74 Å². The number of nitrogens with zero attached hydrogens (tertiary/aromatic N) is 3. The zero-order chi connectivity index (χ0) is 14.1. The number of hydrogen-bond acceptors (Lipinski definition) is 5. The van der Waals surface area contributed by atoms with Crippen LogP contribution in [0.4, 0.5) is 10.6 Å². The Kier molecular flexibility index (Phi) is 3.17. The van der Waals surface area contributed by atoms with Gasteiger partial charge >= 0.3 is 6.09 Å². The van der Waals surface area contributed by atoms with Crippen LogP contribution >= 0.6 is 0 Å². The number of pyridine rings is 1. The smallest absolute Gasteiger partial charge is 0.410 e. The number of anilines is 1. The molecule has 0 saturated carbocycles. The third kappa shape index (κ3) is 2.04. The standard InChI is InChI=1S/C13H16N4O3/c1-14-11-10(3-2-4-15-11)12(18)16-5-6-17-9(7-16)8-20-13(17)19/h2-4,9H,5-8H2,1H3,(H,14,15)/t9-/m1/s1. The number of cyclic esters (lactones) is 1. The molecular formula is C13H16N4O3. The summed E-state index contributed by atoms with van der Waals surface area (Å²) >= 11 is 0. The van der Waals surface area contributed by atoms with Gasteiger partial charge in [0.2, 0.25) is 0 Å². The van der Waals surface area contributed by atoms with Crippen LogP contribution in [-0.4, -0.2) is 66.1 Å². The van der Waals surface area contributed by atoms with Gasteiger partial charge in [-0.15, -0.1) is 0 Å². The first-order chi connectivity index (χ1) is 9.70. The summed E-state index contributed by atoms with van der Waals surface area (Å²) in [5.41, 5.74) is 0.550. The van der Waals surface area contributed by atoms with Crippen LogP contribution in [-0.2, 0) is 4.74 Å². The second kappa shape index (κ2) is 4.99. The SMILES string of the molecule is CNc1ncccc1C(=O)N1CCN2C(=O)OC[C@H]2C1. The number of ether oxygens (including phenoxy) is 1. The number of nitrogens with one attached hydrogen (secondary N) is 1. The van der Waals surface area contributed by atoms with Gasteiger partial charge in [-0.2, -0.15) is 0 Å². The maximum absolute atomic E-state index is 12.6. The van der Waals surface area contributed by atoms with Crippen LogP contribution in [0.2, 0.25) is 0 Å². The number of aromatic nitrogens is 1. The van der Waals surface area contributed by atoms with E-state index in [0.29, 0.717) is 37.6 Å². The summed E-state index contributed by atoms with van der Waals surface area (Å²) in [6.45, 7) is 1.89. The number of piperazine rings is 1. The van der Waals surface area contributed by atoms with Gasteiger partial charge in [-0.05, 0) is 12.1 Å². The largest absolute Gasteiger partial charge is 0.447 e. The third-order valence-corrected chi connectivity index (χ3v) is 3.68. The van der Waals surface area contributed by atoms with Crippen LogP contribution in [0, 0.1) is 0 Å². The summed E-state index contributed by atoms with van der Waals surface area (Å²) < 4.78 is 5.00. The zero-order valence-electron chi connectivity index (χ0n) is 11.2. The molecule has 2 amide bonds. The van der Waals surface area contributed by atoms with Gasteiger partial charge in [0.25, 0.3) is 5.91 Å². The Hall–Kier alpha value is -2.31. The fourth-order valence-electron chi connectivity index (χ4n) is 2.62. The fourth-order valence-corrected chi connectivity index (χ4v) is 2.62. The van der Waals surface area contributed by atoms with Crippen molar-refractivity contribution in [1.29, 1.82) is 0 Å².